The van der Waals surface area contributed by atoms with Gasteiger partial charge in [-0.1, -0.05) is 12.1 Å². The van der Waals surface area contributed by atoms with Gasteiger partial charge in [-0.15, -0.1) is 16.9 Å². The minimum absolute atomic E-state index is 0.0501. The molecule has 0 aliphatic carbocycles. The number of nitrogens with zero attached hydrogens (tertiary/aromatic N) is 4. The van der Waals surface area contributed by atoms with Gasteiger partial charge >= 0.3 is 5.97 Å². The molecular weight excluding hydrogens is 306 g/mol. The number of hydrogen-bond acceptors (Lipinski definition) is 6. The Labute approximate surface area is 130 Å². The van der Waals surface area contributed by atoms with Gasteiger partial charge in [0.1, 0.15) is 6.33 Å². The first-order valence-electron chi connectivity index (χ1n) is 6.53. The Balaban J connectivity index is 1.74. The zero-order valence-electron chi connectivity index (χ0n) is 11.7. The van der Waals surface area contributed by atoms with Crippen molar-refractivity contribution in [3.8, 4) is 5.69 Å². The summed E-state index contributed by atoms with van der Waals surface area (Å²) < 4.78 is 1.53. The Morgan fingerprint density at radius 3 is 2.68 bits per heavy atom. The van der Waals surface area contributed by atoms with Crippen LogP contribution in [-0.4, -0.2) is 55.2 Å². The minimum Gasteiger partial charge on any atom is -0.481 e. The first-order valence-corrected chi connectivity index (χ1v) is 7.69. The van der Waals surface area contributed by atoms with E-state index in [0.717, 1.165) is 11.3 Å². The number of aliphatic carboxylic acids is 1. The van der Waals surface area contributed by atoms with Crippen LogP contribution in [0.5, 0.6) is 0 Å². The molecule has 0 aliphatic heterocycles. The van der Waals surface area contributed by atoms with Gasteiger partial charge < -0.3 is 10.4 Å². The summed E-state index contributed by atoms with van der Waals surface area (Å²) in [4.78, 5) is 22.1. The largest absolute Gasteiger partial charge is 0.481 e. The van der Waals surface area contributed by atoms with E-state index < -0.39 is 5.97 Å². The van der Waals surface area contributed by atoms with E-state index in [9.17, 15) is 9.59 Å². The molecular formula is C13H15N5O3S. The van der Waals surface area contributed by atoms with Gasteiger partial charge in [0.15, 0.2) is 0 Å². The van der Waals surface area contributed by atoms with Crippen LogP contribution >= 0.6 is 11.8 Å². The number of aromatic nitrogens is 4. The molecule has 22 heavy (non-hydrogen) atoms. The van der Waals surface area contributed by atoms with E-state index in [1.54, 1.807) is 0 Å². The number of carbonyl (C=O) groups is 2. The summed E-state index contributed by atoms with van der Waals surface area (Å²) in [5.74, 6) is -0.310. The molecule has 0 aliphatic rings. The lowest BCUT2D eigenvalue weighted by Gasteiger charge is -2.05. The molecule has 0 spiro atoms. The number of carboxylic acid groups (broad SMARTS) is 1. The second-order valence-corrected chi connectivity index (χ2v) is 5.50. The van der Waals surface area contributed by atoms with Gasteiger partial charge in [0.25, 0.3) is 0 Å². The monoisotopic (exact) mass is 321 g/mol. The van der Waals surface area contributed by atoms with Gasteiger partial charge in [-0.3, -0.25) is 9.59 Å². The molecule has 0 atom stereocenters. The molecule has 9 heteroatoms. The molecule has 1 aromatic carbocycles. The predicted octanol–water partition coefficient (Wildman–Crippen LogP) is 0.139. The van der Waals surface area contributed by atoms with E-state index in [1.165, 1.54) is 22.8 Å². The Kier molecular flexibility index (Phi) is 5.90. The van der Waals surface area contributed by atoms with Gasteiger partial charge in [0.2, 0.25) is 5.91 Å². The van der Waals surface area contributed by atoms with Gasteiger partial charge in [-0.2, -0.15) is 0 Å². The van der Waals surface area contributed by atoms with Crippen LogP contribution in [0.15, 0.2) is 30.6 Å². The van der Waals surface area contributed by atoms with E-state index in [1.807, 2.05) is 24.3 Å². The highest BCUT2D eigenvalue weighted by atomic mass is 32.2. The summed E-state index contributed by atoms with van der Waals surface area (Å²) in [7, 11) is 0. The van der Waals surface area contributed by atoms with Crippen LogP contribution in [0.4, 0.5) is 0 Å². The molecule has 0 radical (unpaired) electrons. The molecule has 8 nitrogen and oxygen atoms in total. The lowest BCUT2D eigenvalue weighted by atomic mass is 10.1. The fraction of sp³-hybridized carbons (Fsp3) is 0.308. The average Bonchev–Trinajstić information content (AvgIpc) is 3.01. The highest BCUT2D eigenvalue weighted by molar-refractivity contribution is 7.99. The van der Waals surface area contributed by atoms with E-state index in [0.29, 0.717) is 12.3 Å². The molecule has 2 aromatic rings. The van der Waals surface area contributed by atoms with Crippen molar-refractivity contribution in [3.63, 3.8) is 0 Å². The van der Waals surface area contributed by atoms with Gasteiger partial charge in [-0.25, -0.2) is 4.68 Å². The third-order valence-electron chi connectivity index (χ3n) is 2.71. The zero-order chi connectivity index (χ0) is 15.8. The fourth-order valence-corrected chi connectivity index (χ4v) is 2.28. The first-order chi connectivity index (χ1) is 10.6. The van der Waals surface area contributed by atoms with Gasteiger partial charge in [0, 0.05) is 12.3 Å². The number of benzene rings is 1. The molecule has 0 bridgehead atoms. The molecule has 2 rings (SSSR count). The first kappa shape index (κ1) is 16.0. The standard InChI is InChI=1S/C13H15N5O3S/c19-12(14-5-6-22-8-13(20)21)7-10-1-3-11(4-2-10)18-9-15-16-17-18/h1-4,9H,5-8H2,(H,14,19)(H,20,21). The van der Waals surface area contributed by atoms with E-state index in [4.69, 9.17) is 5.11 Å². The number of tetrazole rings is 1. The normalized spacial score (nSPS) is 10.4. The molecule has 1 aromatic heterocycles. The van der Waals surface area contributed by atoms with Crippen molar-refractivity contribution in [3.05, 3.63) is 36.2 Å². The molecule has 0 unspecified atom stereocenters. The smallest absolute Gasteiger partial charge is 0.313 e. The summed E-state index contributed by atoms with van der Waals surface area (Å²) >= 11 is 1.27. The topological polar surface area (TPSA) is 110 Å². The summed E-state index contributed by atoms with van der Waals surface area (Å²) in [5, 5.41) is 22.1. The summed E-state index contributed by atoms with van der Waals surface area (Å²) in [6.45, 7) is 0.458. The number of thioether (sulfide) groups is 1. The van der Waals surface area contributed by atoms with E-state index >= 15 is 0 Å². The van der Waals surface area contributed by atoms with Crippen LogP contribution in [-0.2, 0) is 16.0 Å². The quantitative estimate of drug-likeness (QED) is 0.665. The zero-order valence-corrected chi connectivity index (χ0v) is 12.5. The van der Waals surface area contributed by atoms with Crippen LogP contribution < -0.4 is 5.32 Å². The maximum Gasteiger partial charge on any atom is 0.313 e. The summed E-state index contributed by atoms with van der Waals surface area (Å²) in [6.07, 6.45) is 1.77. The van der Waals surface area contributed by atoms with Crippen LogP contribution in [0.3, 0.4) is 0 Å². The number of hydrogen-bond donors (Lipinski definition) is 2. The van der Waals surface area contributed by atoms with Crippen molar-refractivity contribution in [2.45, 2.75) is 6.42 Å². The average molecular weight is 321 g/mol. The van der Waals surface area contributed by atoms with Crippen LogP contribution in [0.25, 0.3) is 5.69 Å². The maximum absolute atomic E-state index is 11.7. The Bertz CT molecular complexity index is 615. The van der Waals surface area contributed by atoms with Gasteiger partial charge in [0.05, 0.1) is 17.9 Å². The molecule has 116 valence electrons. The second-order valence-electron chi connectivity index (χ2n) is 4.39. The molecule has 0 fully saturated rings. The third-order valence-corrected chi connectivity index (χ3v) is 3.65. The van der Waals surface area contributed by atoms with Crippen LogP contribution in [0.2, 0.25) is 0 Å². The van der Waals surface area contributed by atoms with Crippen molar-refractivity contribution < 1.29 is 14.7 Å². The van der Waals surface area contributed by atoms with Crippen LogP contribution in [0.1, 0.15) is 5.56 Å². The van der Waals surface area contributed by atoms with Crippen molar-refractivity contribution in [2.24, 2.45) is 0 Å². The minimum atomic E-state index is -0.848. The maximum atomic E-state index is 11.7. The molecule has 1 heterocycles. The number of carbonyl (C=O) groups excluding carboxylic acids is 1. The van der Waals surface area contributed by atoms with E-state index in [2.05, 4.69) is 20.8 Å². The Hall–Kier alpha value is -2.42. The number of amides is 1. The summed E-state index contributed by atoms with van der Waals surface area (Å²) in [6, 6.07) is 7.36. The Morgan fingerprint density at radius 1 is 1.27 bits per heavy atom. The van der Waals surface area contributed by atoms with Crippen molar-refractivity contribution in [1.29, 1.82) is 0 Å². The molecule has 2 N–H and O–H groups in total. The number of carboxylic acids is 1. The van der Waals surface area contributed by atoms with Crippen molar-refractivity contribution >= 4 is 23.6 Å². The number of rotatable bonds is 8. The molecule has 0 saturated carbocycles. The lowest BCUT2D eigenvalue weighted by molar-refractivity contribution is -0.133. The number of nitrogens with one attached hydrogen (secondary N) is 1. The third kappa shape index (κ3) is 5.17. The predicted molar refractivity (Wildman–Crippen MR) is 80.8 cm³/mol. The van der Waals surface area contributed by atoms with Gasteiger partial charge in [-0.05, 0) is 28.1 Å². The highest BCUT2D eigenvalue weighted by Crippen LogP contribution is 2.08. The second kappa shape index (κ2) is 8.13. The van der Waals surface area contributed by atoms with Crippen molar-refractivity contribution in [1.82, 2.24) is 25.5 Å². The molecule has 1 amide bonds. The highest BCUT2D eigenvalue weighted by Gasteiger charge is 2.04. The molecule has 0 saturated heterocycles. The SMILES string of the molecule is O=C(O)CSCCNC(=O)Cc1ccc(-n2cnnn2)cc1. The Morgan fingerprint density at radius 2 is 2.05 bits per heavy atom. The lowest BCUT2D eigenvalue weighted by Crippen LogP contribution is -2.27. The van der Waals surface area contributed by atoms with Crippen LogP contribution in [0, 0.1) is 0 Å². The fourth-order valence-electron chi connectivity index (χ4n) is 1.72. The summed E-state index contributed by atoms with van der Waals surface area (Å²) in [5.41, 5.74) is 1.70. The van der Waals surface area contributed by atoms with Crippen molar-refractivity contribution in [2.75, 3.05) is 18.1 Å². The van der Waals surface area contributed by atoms with E-state index in [-0.39, 0.29) is 18.1 Å².